The molecule has 0 aliphatic rings. The van der Waals surface area contributed by atoms with Crippen LogP contribution < -0.4 is 4.74 Å². The van der Waals surface area contributed by atoms with Gasteiger partial charge in [0.15, 0.2) is 5.78 Å². The van der Waals surface area contributed by atoms with E-state index >= 15 is 0 Å². The van der Waals surface area contributed by atoms with Crippen LogP contribution in [0.25, 0.3) is 0 Å². The van der Waals surface area contributed by atoms with Gasteiger partial charge >= 0.3 is 0 Å². The van der Waals surface area contributed by atoms with Crippen LogP contribution in [0.5, 0.6) is 5.75 Å². The van der Waals surface area contributed by atoms with E-state index in [-0.39, 0.29) is 11.2 Å². The molecule has 92 valence electrons. The Hall–Kier alpha value is -1.74. The fourth-order valence-corrected chi connectivity index (χ4v) is 1.76. The van der Waals surface area contributed by atoms with Gasteiger partial charge in [-0.25, -0.2) is 0 Å². The summed E-state index contributed by atoms with van der Waals surface area (Å²) < 4.78 is 5.41. The van der Waals surface area contributed by atoms with E-state index < -0.39 is 0 Å². The Kier molecular flexibility index (Phi) is 4.05. The van der Waals surface area contributed by atoms with Crippen molar-refractivity contribution in [2.45, 2.75) is 12.4 Å². The Bertz CT molecular complexity index is 518. The highest BCUT2D eigenvalue weighted by Gasteiger charge is 2.08. The molecule has 0 spiro atoms. The summed E-state index contributed by atoms with van der Waals surface area (Å²) in [6.45, 7) is 1.84. The van der Waals surface area contributed by atoms with Crippen molar-refractivity contribution in [1.29, 1.82) is 0 Å². The molecule has 0 amide bonds. The van der Waals surface area contributed by atoms with E-state index in [0.29, 0.717) is 16.9 Å². The maximum absolute atomic E-state index is 12.1. The summed E-state index contributed by atoms with van der Waals surface area (Å²) in [5, 5.41) is 0. The maximum atomic E-state index is 12.1. The number of ether oxygens (including phenoxy) is 1. The molecule has 2 rings (SSSR count). The largest absolute Gasteiger partial charge is 0.480 e. The molecule has 3 heteroatoms. The predicted octanol–water partition coefficient (Wildman–Crippen LogP) is 3.57. The summed E-state index contributed by atoms with van der Waals surface area (Å²) in [5.74, 6) is 0.725. The van der Waals surface area contributed by atoms with Gasteiger partial charge in [0.2, 0.25) is 0 Å². The van der Waals surface area contributed by atoms with Crippen LogP contribution in [0.1, 0.15) is 22.8 Å². The van der Waals surface area contributed by atoms with Crippen molar-refractivity contribution in [3.05, 3.63) is 65.7 Å². The third-order valence-corrected chi connectivity index (χ3v) is 2.56. The van der Waals surface area contributed by atoms with Gasteiger partial charge in [-0.1, -0.05) is 30.3 Å². The molecule has 1 atom stereocenters. The van der Waals surface area contributed by atoms with Gasteiger partial charge in [0, 0.05) is 11.1 Å². The highest BCUT2D eigenvalue weighted by atomic mass is 32.1. The van der Waals surface area contributed by atoms with E-state index in [1.165, 1.54) is 0 Å². The number of rotatable bonds is 4. The molecule has 0 saturated carbocycles. The van der Waals surface area contributed by atoms with Crippen molar-refractivity contribution in [3.63, 3.8) is 0 Å². The minimum atomic E-state index is -0.166. The van der Waals surface area contributed by atoms with E-state index in [0.717, 1.165) is 0 Å². The van der Waals surface area contributed by atoms with Crippen molar-refractivity contribution >= 4 is 18.4 Å². The zero-order valence-electron chi connectivity index (χ0n) is 10.0. The Morgan fingerprint density at radius 2 is 1.56 bits per heavy atom. The van der Waals surface area contributed by atoms with Crippen LogP contribution in [0, 0.1) is 0 Å². The Morgan fingerprint density at radius 1 is 1.00 bits per heavy atom. The fourth-order valence-electron chi connectivity index (χ4n) is 1.64. The molecule has 2 aromatic rings. The average Bonchev–Trinajstić information content (AvgIpc) is 2.39. The normalized spacial score (nSPS) is 11.9. The molecule has 1 unspecified atom stereocenters. The van der Waals surface area contributed by atoms with Crippen LogP contribution in [-0.2, 0) is 0 Å². The van der Waals surface area contributed by atoms with Crippen molar-refractivity contribution in [3.8, 4) is 5.75 Å². The van der Waals surface area contributed by atoms with E-state index in [2.05, 4.69) is 12.6 Å². The van der Waals surface area contributed by atoms with Crippen LogP contribution in [0.3, 0.4) is 0 Å². The molecule has 0 aliphatic heterocycles. The predicted molar refractivity (Wildman–Crippen MR) is 75.4 cm³/mol. The van der Waals surface area contributed by atoms with Crippen molar-refractivity contribution in [2.75, 3.05) is 0 Å². The standard InChI is InChI=1S/C15H14O2S/c1-11(18)17-14-9-7-13(8-10-14)15(16)12-5-3-2-4-6-12/h2-11,18H,1H3. The summed E-state index contributed by atoms with van der Waals surface area (Å²) in [7, 11) is 0. The lowest BCUT2D eigenvalue weighted by molar-refractivity contribution is 0.103. The lowest BCUT2D eigenvalue weighted by Crippen LogP contribution is -2.04. The quantitative estimate of drug-likeness (QED) is 0.515. The molecule has 2 nitrogen and oxygen atoms in total. The molecular formula is C15H14O2S. The zero-order valence-corrected chi connectivity index (χ0v) is 10.9. The molecule has 0 aliphatic carbocycles. The Morgan fingerprint density at radius 3 is 2.11 bits per heavy atom. The third-order valence-electron chi connectivity index (χ3n) is 2.46. The second-order valence-corrected chi connectivity index (χ2v) is 4.66. The lowest BCUT2D eigenvalue weighted by atomic mass is 10.0. The SMILES string of the molecule is CC(S)Oc1ccc(C(=O)c2ccccc2)cc1. The first kappa shape index (κ1) is 12.7. The average molecular weight is 258 g/mol. The van der Waals surface area contributed by atoms with Crippen LogP contribution in [-0.4, -0.2) is 11.2 Å². The van der Waals surface area contributed by atoms with Crippen LogP contribution >= 0.6 is 12.6 Å². The molecule has 0 fully saturated rings. The molecule has 0 heterocycles. The number of carbonyl (C=O) groups is 1. The monoisotopic (exact) mass is 258 g/mol. The molecule has 0 aromatic heterocycles. The van der Waals surface area contributed by atoms with Crippen LogP contribution in [0.4, 0.5) is 0 Å². The number of ketones is 1. The second kappa shape index (κ2) is 5.74. The van der Waals surface area contributed by atoms with Gasteiger partial charge in [-0.15, -0.1) is 12.6 Å². The Balaban J connectivity index is 2.17. The molecule has 0 saturated heterocycles. The van der Waals surface area contributed by atoms with E-state index in [1.807, 2.05) is 37.3 Å². The molecule has 18 heavy (non-hydrogen) atoms. The van der Waals surface area contributed by atoms with E-state index in [9.17, 15) is 4.79 Å². The highest BCUT2D eigenvalue weighted by molar-refractivity contribution is 7.80. The highest BCUT2D eigenvalue weighted by Crippen LogP contribution is 2.17. The van der Waals surface area contributed by atoms with Gasteiger partial charge < -0.3 is 4.74 Å². The summed E-state index contributed by atoms with van der Waals surface area (Å²) in [6.07, 6.45) is 0. The molecule has 0 bridgehead atoms. The summed E-state index contributed by atoms with van der Waals surface area (Å²) in [6, 6.07) is 16.3. The first-order chi connectivity index (χ1) is 8.66. The smallest absolute Gasteiger partial charge is 0.193 e. The van der Waals surface area contributed by atoms with Gasteiger partial charge in [0.25, 0.3) is 0 Å². The minimum Gasteiger partial charge on any atom is -0.480 e. The molecule has 2 aromatic carbocycles. The molecule has 0 N–H and O–H groups in total. The number of hydrogen-bond acceptors (Lipinski definition) is 3. The third kappa shape index (κ3) is 3.14. The summed E-state index contributed by atoms with van der Waals surface area (Å²) >= 11 is 4.14. The maximum Gasteiger partial charge on any atom is 0.193 e. The van der Waals surface area contributed by atoms with Crippen LogP contribution in [0.2, 0.25) is 0 Å². The molecular weight excluding hydrogens is 244 g/mol. The number of carbonyl (C=O) groups excluding carboxylic acids is 1. The second-order valence-electron chi connectivity index (χ2n) is 3.94. The topological polar surface area (TPSA) is 26.3 Å². The van der Waals surface area contributed by atoms with Gasteiger partial charge in [-0.05, 0) is 31.2 Å². The minimum absolute atomic E-state index is 0.0149. The number of benzene rings is 2. The molecule has 0 radical (unpaired) electrons. The van der Waals surface area contributed by atoms with Gasteiger partial charge in [0.05, 0.1) is 0 Å². The van der Waals surface area contributed by atoms with Gasteiger partial charge in [-0.3, -0.25) is 4.79 Å². The summed E-state index contributed by atoms with van der Waals surface area (Å²) in [5.41, 5.74) is 1.18. The number of thiol groups is 1. The fraction of sp³-hybridized carbons (Fsp3) is 0.133. The zero-order chi connectivity index (χ0) is 13.0. The van der Waals surface area contributed by atoms with Gasteiger partial charge in [0.1, 0.15) is 11.2 Å². The van der Waals surface area contributed by atoms with Crippen molar-refractivity contribution in [2.24, 2.45) is 0 Å². The van der Waals surface area contributed by atoms with Gasteiger partial charge in [-0.2, -0.15) is 0 Å². The van der Waals surface area contributed by atoms with E-state index in [4.69, 9.17) is 4.74 Å². The van der Waals surface area contributed by atoms with Crippen LogP contribution in [0.15, 0.2) is 54.6 Å². The van der Waals surface area contributed by atoms with Crippen molar-refractivity contribution in [1.82, 2.24) is 0 Å². The Labute approximate surface area is 112 Å². The summed E-state index contributed by atoms with van der Waals surface area (Å²) in [4.78, 5) is 12.1. The first-order valence-electron chi connectivity index (χ1n) is 5.71. The lowest BCUT2D eigenvalue weighted by Gasteiger charge is -2.09. The van der Waals surface area contributed by atoms with E-state index in [1.54, 1.807) is 24.3 Å². The first-order valence-corrected chi connectivity index (χ1v) is 6.23. The number of hydrogen-bond donors (Lipinski definition) is 1. The van der Waals surface area contributed by atoms with Crippen molar-refractivity contribution < 1.29 is 9.53 Å².